The molecule has 0 unspecified atom stereocenters. The number of hydrogen-bond acceptors (Lipinski definition) is 5. The van der Waals surface area contributed by atoms with Gasteiger partial charge in [0.05, 0.1) is 17.7 Å². The third kappa shape index (κ3) is 5.71. The van der Waals surface area contributed by atoms with Crippen LogP contribution >= 0.6 is 0 Å². The zero-order chi connectivity index (χ0) is 23.1. The molecule has 1 heterocycles. The third-order valence-corrected chi connectivity index (χ3v) is 6.11. The summed E-state index contributed by atoms with van der Waals surface area (Å²) in [6.07, 6.45) is 4.38. The number of furan rings is 1. The van der Waals surface area contributed by atoms with Gasteiger partial charge in [0.2, 0.25) is 15.9 Å². The van der Waals surface area contributed by atoms with E-state index >= 15 is 0 Å². The van der Waals surface area contributed by atoms with Gasteiger partial charge < -0.3 is 15.1 Å². The van der Waals surface area contributed by atoms with Crippen LogP contribution in [0.1, 0.15) is 27.2 Å². The van der Waals surface area contributed by atoms with E-state index in [9.17, 15) is 18.0 Å². The molecule has 0 aliphatic heterocycles. The van der Waals surface area contributed by atoms with Crippen LogP contribution in [-0.2, 0) is 21.4 Å². The van der Waals surface area contributed by atoms with Crippen LogP contribution in [0.4, 0.5) is 5.69 Å². The first-order valence-electron chi connectivity index (χ1n) is 9.73. The number of amides is 2. The molecule has 0 saturated heterocycles. The van der Waals surface area contributed by atoms with Gasteiger partial charge in [-0.3, -0.25) is 9.59 Å². The average molecular weight is 454 g/mol. The maximum Gasteiger partial charge on any atom is 0.251 e. The molecule has 3 aromatic rings. The molecule has 0 bridgehead atoms. The van der Waals surface area contributed by atoms with Crippen LogP contribution in [-0.4, -0.2) is 27.3 Å². The zero-order valence-corrected chi connectivity index (χ0v) is 18.4. The lowest BCUT2D eigenvalue weighted by atomic mass is 10.1. The molecule has 8 nitrogen and oxygen atoms in total. The van der Waals surface area contributed by atoms with Gasteiger partial charge in [0.15, 0.2) is 0 Å². The smallest absolute Gasteiger partial charge is 0.251 e. The summed E-state index contributed by atoms with van der Waals surface area (Å²) in [6.45, 7) is 1.81. The number of rotatable bonds is 8. The van der Waals surface area contributed by atoms with Crippen molar-refractivity contribution in [3.63, 3.8) is 0 Å². The number of anilines is 1. The molecule has 166 valence electrons. The Kier molecular flexibility index (Phi) is 7.24. The summed E-state index contributed by atoms with van der Waals surface area (Å²) >= 11 is 0. The van der Waals surface area contributed by atoms with E-state index in [0.29, 0.717) is 28.1 Å². The number of carbonyl (C=O) groups is 2. The van der Waals surface area contributed by atoms with Gasteiger partial charge in [0.1, 0.15) is 5.76 Å². The zero-order valence-electron chi connectivity index (χ0n) is 17.6. The summed E-state index contributed by atoms with van der Waals surface area (Å²) in [5.41, 5.74) is 2.32. The molecular formula is C23H23N3O5S. The number of hydrogen-bond donors (Lipinski definition) is 3. The lowest BCUT2D eigenvalue weighted by molar-refractivity contribution is -0.111. The second-order valence-electron chi connectivity index (χ2n) is 6.85. The van der Waals surface area contributed by atoms with E-state index in [-0.39, 0.29) is 23.3 Å². The molecule has 3 rings (SSSR count). The highest BCUT2D eigenvalue weighted by molar-refractivity contribution is 7.89. The summed E-state index contributed by atoms with van der Waals surface area (Å²) in [6, 6.07) is 14.6. The predicted molar refractivity (Wildman–Crippen MR) is 121 cm³/mol. The van der Waals surface area contributed by atoms with Crippen LogP contribution in [0.15, 0.2) is 76.2 Å². The lowest BCUT2D eigenvalue weighted by Gasteiger charge is -2.10. The second kappa shape index (κ2) is 10.1. The maximum absolute atomic E-state index is 12.4. The predicted octanol–water partition coefficient (Wildman–Crippen LogP) is 3.08. The summed E-state index contributed by atoms with van der Waals surface area (Å²) in [5, 5.41) is 5.31. The summed E-state index contributed by atoms with van der Waals surface area (Å²) in [5.74, 6) is -0.1000. The minimum Gasteiger partial charge on any atom is -0.468 e. The van der Waals surface area contributed by atoms with Crippen molar-refractivity contribution in [1.82, 2.24) is 10.0 Å². The minimum absolute atomic E-state index is 0.0533. The number of sulfonamides is 1. The van der Waals surface area contributed by atoms with Crippen LogP contribution in [0.25, 0.3) is 6.08 Å². The van der Waals surface area contributed by atoms with E-state index < -0.39 is 10.0 Å². The summed E-state index contributed by atoms with van der Waals surface area (Å²) in [7, 11) is -2.15. The molecule has 0 spiro atoms. The highest BCUT2D eigenvalue weighted by Gasteiger charge is 2.14. The largest absolute Gasteiger partial charge is 0.468 e. The quantitative estimate of drug-likeness (QED) is 0.453. The van der Waals surface area contributed by atoms with Gasteiger partial charge in [-0.15, -0.1) is 0 Å². The van der Waals surface area contributed by atoms with E-state index in [2.05, 4.69) is 15.4 Å². The Bertz CT molecular complexity index is 1230. The summed E-state index contributed by atoms with van der Waals surface area (Å²) in [4.78, 5) is 24.3. The van der Waals surface area contributed by atoms with Crippen molar-refractivity contribution in [2.24, 2.45) is 0 Å². The molecule has 0 fully saturated rings. The molecule has 1 aromatic heterocycles. The van der Waals surface area contributed by atoms with Crippen molar-refractivity contribution in [3.05, 3.63) is 89.4 Å². The van der Waals surface area contributed by atoms with Crippen molar-refractivity contribution >= 4 is 33.6 Å². The van der Waals surface area contributed by atoms with Crippen LogP contribution in [0, 0.1) is 6.92 Å². The van der Waals surface area contributed by atoms with E-state index in [1.807, 2.05) is 0 Å². The van der Waals surface area contributed by atoms with Gasteiger partial charge in [-0.2, -0.15) is 0 Å². The van der Waals surface area contributed by atoms with Gasteiger partial charge in [-0.05, 0) is 60.5 Å². The highest BCUT2D eigenvalue weighted by atomic mass is 32.2. The van der Waals surface area contributed by atoms with E-state index in [0.717, 1.165) is 0 Å². The fourth-order valence-electron chi connectivity index (χ4n) is 2.92. The van der Waals surface area contributed by atoms with Gasteiger partial charge in [0, 0.05) is 24.4 Å². The standard InChI is InChI=1S/C23H23N3O5S/c1-16-20(23(28)24-2)6-3-7-21(16)26-22(27)13-10-17-8-11-19(12-9-17)32(29,30)25-15-18-5-4-14-31-18/h3-14,25H,15H2,1-2H3,(H,24,28)(H,26,27)/b13-10+. The molecule has 0 saturated carbocycles. The van der Waals surface area contributed by atoms with Gasteiger partial charge in [0.25, 0.3) is 5.91 Å². The van der Waals surface area contributed by atoms with E-state index in [4.69, 9.17) is 4.42 Å². The van der Waals surface area contributed by atoms with Crippen LogP contribution in [0.3, 0.4) is 0 Å². The fraction of sp³-hybridized carbons (Fsp3) is 0.130. The first kappa shape index (κ1) is 23.0. The lowest BCUT2D eigenvalue weighted by Crippen LogP contribution is -2.22. The summed E-state index contributed by atoms with van der Waals surface area (Å²) < 4.78 is 32.3. The average Bonchev–Trinajstić information content (AvgIpc) is 3.31. The van der Waals surface area contributed by atoms with Crippen LogP contribution in [0.2, 0.25) is 0 Å². The normalized spacial score (nSPS) is 11.4. The molecule has 0 atom stereocenters. The molecule has 0 radical (unpaired) electrons. The minimum atomic E-state index is -3.69. The maximum atomic E-state index is 12.4. The number of nitrogens with one attached hydrogen (secondary N) is 3. The van der Waals surface area contributed by atoms with Gasteiger partial charge in [-0.25, -0.2) is 13.1 Å². The Morgan fingerprint density at radius 2 is 1.78 bits per heavy atom. The highest BCUT2D eigenvalue weighted by Crippen LogP contribution is 2.19. The van der Waals surface area contributed by atoms with E-state index in [1.165, 1.54) is 24.5 Å². The van der Waals surface area contributed by atoms with Gasteiger partial charge in [-0.1, -0.05) is 18.2 Å². The Morgan fingerprint density at radius 3 is 2.44 bits per heavy atom. The van der Waals surface area contributed by atoms with Crippen molar-refractivity contribution < 1.29 is 22.4 Å². The first-order valence-corrected chi connectivity index (χ1v) is 11.2. The first-order chi connectivity index (χ1) is 15.3. The third-order valence-electron chi connectivity index (χ3n) is 4.70. The van der Waals surface area contributed by atoms with E-state index in [1.54, 1.807) is 62.5 Å². The van der Waals surface area contributed by atoms with Gasteiger partial charge >= 0.3 is 0 Å². The van der Waals surface area contributed by atoms with Crippen molar-refractivity contribution in [1.29, 1.82) is 0 Å². The molecule has 3 N–H and O–H groups in total. The molecule has 0 aliphatic rings. The van der Waals surface area contributed by atoms with Crippen LogP contribution < -0.4 is 15.4 Å². The Labute approximate surface area is 186 Å². The topological polar surface area (TPSA) is 118 Å². The number of carbonyl (C=O) groups excluding carboxylic acids is 2. The van der Waals surface area contributed by atoms with Crippen molar-refractivity contribution in [2.75, 3.05) is 12.4 Å². The second-order valence-corrected chi connectivity index (χ2v) is 8.62. The molecule has 32 heavy (non-hydrogen) atoms. The molecule has 2 amide bonds. The molecule has 9 heteroatoms. The van der Waals surface area contributed by atoms with Crippen molar-refractivity contribution in [3.8, 4) is 0 Å². The molecule has 0 aliphatic carbocycles. The Hall–Kier alpha value is -3.69. The Morgan fingerprint density at radius 1 is 1.03 bits per heavy atom. The Balaban J connectivity index is 1.63. The van der Waals surface area contributed by atoms with Crippen LogP contribution in [0.5, 0.6) is 0 Å². The monoisotopic (exact) mass is 453 g/mol. The molecular weight excluding hydrogens is 430 g/mol. The molecule has 2 aromatic carbocycles. The number of benzene rings is 2. The van der Waals surface area contributed by atoms with Crippen molar-refractivity contribution in [2.45, 2.75) is 18.4 Å². The SMILES string of the molecule is CNC(=O)c1cccc(NC(=O)/C=C/c2ccc(S(=O)(=O)NCc3ccco3)cc2)c1C. The fourth-order valence-corrected chi connectivity index (χ4v) is 3.91.